The zero-order valence-electron chi connectivity index (χ0n) is 9.76. The summed E-state index contributed by atoms with van der Waals surface area (Å²) in [4.78, 5) is 33.8. The van der Waals surface area contributed by atoms with E-state index in [1.165, 1.54) is 0 Å². The van der Waals surface area contributed by atoms with Gasteiger partial charge in [0.25, 0.3) is 10.1 Å². The fraction of sp³-hybridized carbons (Fsp3) is 0.667. The number of halogens is 1. The lowest BCUT2D eigenvalue weighted by atomic mass is 10.2. The largest absolute Gasteiger partial charge is 0.464 e. The Morgan fingerprint density at radius 3 is 2.68 bits per heavy atom. The van der Waals surface area contributed by atoms with Crippen molar-refractivity contribution in [3.63, 3.8) is 0 Å². The minimum Gasteiger partial charge on any atom is -0.464 e. The van der Waals surface area contributed by atoms with Crippen molar-refractivity contribution in [2.75, 3.05) is 17.9 Å². The van der Waals surface area contributed by atoms with Gasteiger partial charge >= 0.3 is 5.97 Å². The number of esters is 1. The number of Topliss-reactive ketones (excluding diaryl/α,β-unsaturated/α-hetero) is 1. The third-order valence-electron chi connectivity index (χ3n) is 2.19. The summed E-state index contributed by atoms with van der Waals surface area (Å²) in [5, 5.41) is 2.30. The van der Waals surface area contributed by atoms with Gasteiger partial charge in [-0.3, -0.25) is 13.8 Å². The number of carbonyl (C=O) groups excluding carboxylic acids is 3. The second-order valence-electron chi connectivity index (χ2n) is 3.72. The SMILES string of the molecule is O=C(CC(=O)NC1CCOC1=O)CS(=O)(=O)OCBr. The molecular formula is C9H12BrNO7S. The molecule has 1 rings (SSSR count). The van der Waals surface area contributed by atoms with Crippen LogP contribution < -0.4 is 5.32 Å². The Kier molecular flexibility index (Phi) is 5.88. The molecule has 0 aromatic carbocycles. The summed E-state index contributed by atoms with van der Waals surface area (Å²) in [5.74, 6) is -2.98. The monoisotopic (exact) mass is 357 g/mol. The number of carbonyl (C=O) groups is 3. The molecule has 0 aliphatic carbocycles. The Morgan fingerprint density at radius 2 is 2.16 bits per heavy atom. The van der Waals surface area contributed by atoms with Gasteiger partial charge in [0.1, 0.15) is 17.3 Å². The molecule has 0 aromatic rings. The maximum atomic E-state index is 11.4. The number of hydrogen-bond acceptors (Lipinski definition) is 7. The molecule has 1 amide bonds. The van der Waals surface area contributed by atoms with E-state index in [2.05, 4.69) is 30.2 Å². The summed E-state index contributed by atoms with van der Waals surface area (Å²) in [7, 11) is -3.98. The van der Waals surface area contributed by atoms with E-state index >= 15 is 0 Å². The number of nitrogens with one attached hydrogen (secondary N) is 1. The van der Waals surface area contributed by atoms with E-state index in [0.29, 0.717) is 6.42 Å². The number of amides is 1. The van der Waals surface area contributed by atoms with Gasteiger partial charge in [0.15, 0.2) is 5.78 Å². The topological polar surface area (TPSA) is 116 Å². The fourth-order valence-corrected chi connectivity index (χ4v) is 2.98. The predicted molar refractivity (Wildman–Crippen MR) is 65.8 cm³/mol. The maximum Gasteiger partial charge on any atom is 0.328 e. The molecule has 1 unspecified atom stereocenters. The van der Waals surface area contributed by atoms with Crippen LogP contribution in [0.2, 0.25) is 0 Å². The number of ketones is 1. The van der Waals surface area contributed by atoms with Gasteiger partial charge in [-0.05, 0) is 0 Å². The van der Waals surface area contributed by atoms with Crippen molar-refractivity contribution in [3.05, 3.63) is 0 Å². The lowest BCUT2D eigenvalue weighted by molar-refractivity contribution is -0.141. The highest BCUT2D eigenvalue weighted by Gasteiger charge is 2.29. The van der Waals surface area contributed by atoms with Crippen molar-refractivity contribution in [3.8, 4) is 0 Å². The summed E-state index contributed by atoms with van der Waals surface area (Å²) in [5.41, 5.74) is -0.261. The summed E-state index contributed by atoms with van der Waals surface area (Å²) >= 11 is 2.75. The van der Waals surface area contributed by atoms with Gasteiger partial charge in [-0.2, -0.15) is 8.42 Å². The van der Waals surface area contributed by atoms with Crippen LogP contribution in [0, 0.1) is 0 Å². The van der Waals surface area contributed by atoms with Crippen molar-refractivity contribution in [1.29, 1.82) is 0 Å². The van der Waals surface area contributed by atoms with Crippen molar-refractivity contribution >= 4 is 43.7 Å². The first-order chi connectivity index (χ1) is 8.84. The van der Waals surface area contributed by atoms with Gasteiger partial charge in [-0.1, -0.05) is 15.9 Å². The van der Waals surface area contributed by atoms with E-state index in [-0.39, 0.29) is 12.1 Å². The highest BCUT2D eigenvalue weighted by molar-refractivity contribution is 9.09. The second-order valence-corrected chi connectivity index (χ2v) is 5.82. The van der Waals surface area contributed by atoms with Crippen LogP contribution in [0.1, 0.15) is 12.8 Å². The lowest BCUT2D eigenvalue weighted by Gasteiger charge is -2.08. The second kappa shape index (κ2) is 6.96. The average Bonchev–Trinajstić information content (AvgIpc) is 2.62. The molecule has 1 atom stereocenters. The summed E-state index contributed by atoms with van der Waals surface area (Å²) in [6.45, 7) is 0.213. The first-order valence-corrected chi connectivity index (χ1v) is 7.94. The predicted octanol–water partition coefficient (Wildman–Crippen LogP) is -0.924. The number of alkyl halides is 1. The first kappa shape index (κ1) is 16.1. The minimum atomic E-state index is -3.98. The fourth-order valence-electron chi connectivity index (χ4n) is 1.41. The molecule has 0 aromatic heterocycles. The third-order valence-corrected chi connectivity index (χ3v) is 3.87. The van der Waals surface area contributed by atoms with Crippen molar-refractivity contribution in [2.24, 2.45) is 0 Å². The molecule has 1 heterocycles. The molecule has 1 fully saturated rings. The summed E-state index contributed by atoms with van der Waals surface area (Å²) in [6, 6.07) is -0.768. The standard InChI is InChI=1S/C9H12BrNO7S/c10-5-18-19(15,16)4-6(12)3-8(13)11-7-1-2-17-9(7)14/h7H,1-5H2,(H,11,13). The maximum absolute atomic E-state index is 11.4. The molecule has 1 N–H and O–H groups in total. The van der Waals surface area contributed by atoms with Crippen molar-refractivity contribution < 1.29 is 31.7 Å². The molecule has 19 heavy (non-hydrogen) atoms. The molecule has 108 valence electrons. The number of hydrogen-bond donors (Lipinski definition) is 1. The van der Waals surface area contributed by atoms with Gasteiger partial charge in [0.2, 0.25) is 5.91 Å². The zero-order chi connectivity index (χ0) is 14.5. The molecule has 1 aliphatic heterocycles. The smallest absolute Gasteiger partial charge is 0.328 e. The molecule has 0 spiro atoms. The Bertz CT molecular complexity index is 475. The van der Waals surface area contributed by atoms with E-state index in [1.54, 1.807) is 0 Å². The van der Waals surface area contributed by atoms with Crippen LogP contribution in [-0.4, -0.2) is 50.0 Å². The molecule has 1 saturated heterocycles. The molecule has 0 bridgehead atoms. The van der Waals surface area contributed by atoms with Crippen LogP contribution in [0.25, 0.3) is 0 Å². The normalized spacial score (nSPS) is 19.0. The molecule has 10 heteroatoms. The van der Waals surface area contributed by atoms with Gasteiger partial charge in [0, 0.05) is 6.42 Å². The molecular weight excluding hydrogens is 346 g/mol. The van der Waals surface area contributed by atoms with Crippen LogP contribution in [0.15, 0.2) is 0 Å². The molecule has 8 nitrogen and oxygen atoms in total. The van der Waals surface area contributed by atoms with E-state index < -0.39 is 46.0 Å². The molecule has 1 aliphatic rings. The van der Waals surface area contributed by atoms with Crippen LogP contribution >= 0.6 is 15.9 Å². The number of rotatable bonds is 7. The van der Waals surface area contributed by atoms with Crippen molar-refractivity contribution in [1.82, 2.24) is 5.32 Å². The van der Waals surface area contributed by atoms with E-state index in [9.17, 15) is 22.8 Å². The van der Waals surface area contributed by atoms with Crippen LogP contribution in [0.3, 0.4) is 0 Å². The first-order valence-electron chi connectivity index (χ1n) is 5.25. The zero-order valence-corrected chi connectivity index (χ0v) is 12.2. The van der Waals surface area contributed by atoms with Gasteiger partial charge in [-0.15, -0.1) is 0 Å². The van der Waals surface area contributed by atoms with E-state index in [4.69, 9.17) is 0 Å². The van der Waals surface area contributed by atoms with Crippen LogP contribution in [0.5, 0.6) is 0 Å². The lowest BCUT2D eigenvalue weighted by Crippen LogP contribution is -2.39. The van der Waals surface area contributed by atoms with Gasteiger partial charge < -0.3 is 10.1 Å². The van der Waals surface area contributed by atoms with E-state index in [0.717, 1.165) is 0 Å². The Morgan fingerprint density at radius 1 is 1.47 bits per heavy atom. The highest BCUT2D eigenvalue weighted by atomic mass is 79.9. The average molecular weight is 358 g/mol. The summed E-state index contributed by atoms with van der Waals surface area (Å²) < 4.78 is 31.2. The van der Waals surface area contributed by atoms with Gasteiger partial charge in [-0.25, -0.2) is 4.79 Å². The van der Waals surface area contributed by atoms with E-state index in [1.807, 2.05) is 0 Å². The number of cyclic esters (lactones) is 1. The van der Waals surface area contributed by atoms with Gasteiger partial charge in [0.05, 0.1) is 13.0 Å². The van der Waals surface area contributed by atoms with Crippen LogP contribution in [0.4, 0.5) is 0 Å². The molecule has 0 radical (unpaired) electrons. The minimum absolute atomic E-state index is 0.213. The number of ether oxygens (including phenoxy) is 1. The van der Waals surface area contributed by atoms with Crippen molar-refractivity contribution in [2.45, 2.75) is 18.9 Å². The Labute approximate surface area is 118 Å². The molecule has 0 saturated carbocycles. The third kappa shape index (κ3) is 5.66. The summed E-state index contributed by atoms with van der Waals surface area (Å²) in [6.07, 6.45) is -0.293. The Balaban J connectivity index is 2.40. The quantitative estimate of drug-likeness (QED) is 0.271. The van der Waals surface area contributed by atoms with Crippen LogP contribution in [-0.2, 0) is 33.4 Å². The highest BCUT2D eigenvalue weighted by Crippen LogP contribution is 2.06. The Hall–Kier alpha value is -1.00.